The number of aromatic carboxylic acids is 1. The average Bonchev–Trinajstić information content (AvgIpc) is 2.15. The van der Waals surface area contributed by atoms with E-state index in [1.807, 2.05) is 0 Å². The first-order valence-electron chi connectivity index (χ1n) is 3.72. The van der Waals surface area contributed by atoms with Gasteiger partial charge in [-0.25, -0.2) is 13.6 Å². The lowest BCUT2D eigenvalue weighted by Gasteiger charge is -2.07. The van der Waals surface area contributed by atoms with Crippen molar-refractivity contribution in [3.63, 3.8) is 0 Å². The van der Waals surface area contributed by atoms with Crippen LogP contribution >= 0.6 is 15.9 Å². The standard InChI is InChI=1S/C9H4BrF2NO2/c10-5-1-4(3-13)7(8(11)12)6(2-5)9(14)15/h1-2,8H,(H,14,15). The predicted octanol–water partition coefficient (Wildman–Crippen LogP) is 2.96. The van der Waals surface area contributed by atoms with Crippen molar-refractivity contribution in [3.8, 4) is 6.07 Å². The number of rotatable bonds is 2. The highest BCUT2D eigenvalue weighted by atomic mass is 79.9. The maximum atomic E-state index is 12.5. The fraction of sp³-hybridized carbons (Fsp3) is 0.111. The number of hydrogen-bond donors (Lipinski definition) is 1. The van der Waals surface area contributed by atoms with E-state index in [-0.39, 0.29) is 10.0 Å². The van der Waals surface area contributed by atoms with Gasteiger partial charge in [0.15, 0.2) is 0 Å². The van der Waals surface area contributed by atoms with Gasteiger partial charge in [-0.05, 0) is 12.1 Å². The molecule has 0 radical (unpaired) electrons. The van der Waals surface area contributed by atoms with Gasteiger partial charge >= 0.3 is 5.97 Å². The zero-order valence-electron chi connectivity index (χ0n) is 7.17. The Kier molecular flexibility index (Phi) is 3.37. The normalized spacial score (nSPS) is 10.1. The number of carboxylic acids is 1. The largest absolute Gasteiger partial charge is 0.478 e. The topological polar surface area (TPSA) is 61.1 Å². The molecule has 15 heavy (non-hydrogen) atoms. The van der Waals surface area contributed by atoms with Gasteiger partial charge in [-0.2, -0.15) is 5.26 Å². The van der Waals surface area contributed by atoms with Crippen LogP contribution in [0.25, 0.3) is 0 Å². The lowest BCUT2D eigenvalue weighted by molar-refractivity contribution is 0.0684. The highest BCUT2D eigenvalue weighted by molar-refractivity contribution is 9.10. The van der Waals surface area contributed by atoms with E-state index in [4.69, 9.17) is 10.4 Å². The van der Waals surface area contributed by atoms with E-state index in [1.54, 1.807) is 0 Å². The van der Waals surface area contributed by atoms with Crippen molar-refractivity contribution in [2.75, 3.05) is 0 Å². The summed E-state index contributed by atoms with van der Waals surface area (Å²) in [5, 5.41) is 17.3. The van der Waals surface area contributed by atoms with E-state index in [0.29, 0.717) is 0 Å². The van der Waals surface area contributed by atoms with Crippen molar-refractivity contribution in [2.45, 2.75) is 6.43 Å². The number of carbonyl (C=O) groups is 1. The van der Waals surface area contributed by atoms with Crippen molar-refractivity contribution in [2.24, 2.45) is 0 Å². The van der Waals surface area contributed by atoms with E-state index in [0.717, 1.165) is 12.1 Å². The fourth-order valence-electron chi connectivity index (χ4n) is 1.12. The first-order chi connectivity index (χ1) is 6.97. The van der Waals surface area contributed by atoms with Crippen LogP contribution in [0.15, 0.2) is 16.6 Å². The number of alkyl halides is 2. The zero-order valence-corrected chi connectivity index (χ0v) is 8.75. The summed E-state index contributed by atoms with van der Waals surface area (Å²) in [5.74, 6) is -1.48. The van der Waals surface area contributed by atoms with Crippen LogP contribution in [0.3, 0.4) is 0 Å². The Morgan fingerprint density at radius 1 is 1.53 bits per heavy atom. The molecule has 0 aromatic heterocycles. The monoisotopic (exact) mass is 275 g/mol. The quantitative estimate of drug-likeness (QED) is 0.903. The molecule has 1 rings (SSSR count). The summed E-state index contributed by atoms with van der Waals surface area (Å²) in [6, 6.07) is 3.75. The molecule has 3 nitrogen and oxygen atoms in total. The summed E-state index contributed by atoms with van der Waals surface area (Å²) in [5.41, 5.74) is -1.64. The van der Waals surface area contributed by atoms with Gasteiger partial charge in [0.2, 0.25) is 0 Å². The van der Waals surface area contributed by atoms with Gasteiger partial charge in [0.1, 0.15) is 0 Å². The molecule has 78 valence electrons. The van der Waals surface area contributed by atoms with Crippen LogP contribution < -0.4 is 0 Å². The van der Waals surface area contributed by atoms with E-state index in [2.05, 4.69) is 15.9 Å². The number of halogens is 3. The Labute approximate surface area is 92.1 Å². The molecule has 1 aromatic rings. The molecule has 1 aromatic carbocycles. The number of benzene rings is 1. The number of hydrogen-bond acceptors (Lipinski definition) is 2. The molecule has 0 amide bonds. The summed E-state index contributed by atoms with van der Waals surface area (Å²) in [6.07, 6.45) is -2.99. The van der Waals surface area contributed by atoms with Crippen LogP contribution in [-0.2, 0) is 0 Å². The van der Waals surface area contributed by atoms with Gasteiger partial charge in [-0.3, -0.25) is 0 Å². The van der Waals surface area contributed by atoms with E-state index in [1.165, 1.54) is 6.07 Å². The lowest BCUT2D eigenvalue weighted by Crippen LogP contribution is -2.05. The first kappa shape index (κ1) is 11.6. The van der Waals surface area contributed by atoms with Gasteiger partial charge in [-0.15, -0.1) is 0 Å². The van der Waals surface area contributed by atoms with Crippen LogP contribution in [0.5, 0.6) is 0 Å². The second-order valence-corrected chi connectivity index (χ2v) is 3.55. The smallest absolute Gasteiger partial charge is 0.336 e. The van der Waals surface area contributed by atoms with Crippen molar-refractivity contribution in [1.29, 1.82) is 5.26 Å². The predicted molar refractivity (Wildman–Crippen MR) is 50.8 cm³/mol. The van der Waals surface area contributed by atoms with Crippen LogP contribution in [-0.4, -0.2) is 11.1 Å². The minimum absolute atomic E-state index is 0.279. The van der Waals surface area contributed by atoms with Crippen molar-refractivity contribution < 1.29 is 18.7 Å². The fourth-order valence-corrected chi connectivity index (χ4v) is 1.58. The van der Waals surface area contributed by atoms with Crippen LogP contribution in [0.1, 0.15) is 27.9 Å². The molecule has 0 aliphatic carbocycles. The van der Waals surface area contributed by atoms with E-state index >= 15 is 0 Å². The zero-order chi connectivity index (χ0) is 11.6. The molecule has 0 aliphatic rings. The summed E-state index contributed by atoms with van der Waals surface area (Å²) in [4.78, 5) is 10.7. The molecule has 0 aliphatic heterocycles. The van der Waals surface area contributed by atoms with Crippen molar-refractivity contribution >= 4 is 21.9 Å². The Morgan fingerprint density at radius 3 is 2.53 bits per heavy atom. The molecule has 1 N–H and O–H groups in total. The minimum atomic E-state index is -2.99. The summed E-state index contributed by atoms with van der Waals surface area (Å²) < 4.78 is 25.4. The molecule has 0 unspecified atom stereocenters. The minimum Gasteiger partial charge on any atom is -0.478 e. The van der Waals surface area contributed by atoms with Crippen molar-refractivity contribution in [3.05, 3.63) is 33.3 Å². The lowest BCUT2D eigenvalue weighted by atomic mass is 10.0. The Bertz CT molecular complexity index is 454. The van der Waals surface area contributed by atoms with E-state index < -0.39 is 23.5 Å². The first-order valence-corrected chi connectivity index (χ1v) is 4.51. The Morgan fingerprint density at radius 2 is 2.13 bits per heavy atom. The Hall–Kier alpha value is -1.48. The highest BCUT2D eigenvalue weighted by Crippen LogP contribution is 2.29. The second kappa shape index (κ2) is 4.36. The number of carboxylic acid groups (broad SMARTS) is 1. The Balaban J connectivity index is 3.56. The van der Waals surface area contributed by atoms with E-state index in [9.17, 15) is 13.6 Å². The van der Waals surface area contributed by atoms with Crippen molar-refractivity contribution in [1.82, 2.24) is 0 Å². The summed E-state index contributed by atoms with van der Waals surface area (Å²) in [7, 11) is 0. The molecular formula is C9H4BrF2NO2. The molecule has 0 atom stereocenters. The summed E-state index contributed by atoms with van der Waals surface area (Å²) in [6.45, 7) is 0. The molecular weight excluding hydrogens is 272 g/mol. The molecule has 0 bridgehead atoms. The van der Waals surface area contributed by atoms with Gasteiger partial charge in [-0.1, -0.05) is 15.9 Å². The maximum absolute atomic E-state index is 12.5. The average molecular weight is 276 g/mol. The SMILES string of the molecule is N#Cc1cc(Br)cc(C(=O)O)c1C(F)F. The second-order valence-electron chi connectivity index (χ2n) is 2.63. The maximum Gasteiger partial charge on any atom is 0.336 e. The third-order valence-electron chi connectivity index (χ3n) is 1.71. The van der Waals surface area contributed by atoms with Crippen LogP contribution in [0, 0.1) is 11.3 Å². The van der Waals surface area contributed by atoms with Crippen LogP contribution in [0.2, 0.25) is 0 Å². The molecule has 0 heterocycles. The number of nitrogens with zero attached hydrogens (tertiary/aromatic N) is 1. The molecule has 0 saturated heterocycles. The van der Waals surface area contributed by atoms with Gasteiger partial charge < -0.3 is 5.11 Å². The molecule has 6 heteroatoms. The molecule has 0 spiro atoms. The molecule has 0 saturated carbocycles. The third kappa shape index (κ3) is 2.30. The van der Waals surface area contributed by atoms with Gasteiger partial charge in [0.05, 0.1) is 22.8 Å². The number of nitriles is 1. The van der Waals surface area contributed by atoms with Crippen LogP contribution in [0.4, 0.5) is 8.78 Å². The highest BCUT2D eigenvalue weighted by Gasteiger charge is 2.22. The van der Waals surface area contributed by atoms with Gasteiger partial charge in [0, 0.05) is 4.47 Å². The molecule has 0 fully saturated rings. The van der Waals surface area contributed by atoms with Gasteiger partial charge in [0.25, 0.3) is 6.43 Å². The third-order valence-corrected chi connectivity index (χ3v) is 2.17. The summed E-state index contributed by atoms with van der Waals surface area (Å²) >= 11 is 2.95.